The van der Waals surface area contributed by atoms with Crippen LogP contribution in [0.3, 0.4) is 0 Å². The molecule has 0 bridgehead atoms. The zero-order chi connectivity index (χ0) is 15.5. The van der Waals surface area contributed by atoms with Gasteiger partial charge in [-0.2, -0.15) is 0 Å². The van der Waals surface area contributed by atoms with E-state index in [1.165, 1.54) is 6.07 Å². The number of hydrogen-bond donors (Lipinski definition) is 2. The van der Waals surface area contributed by atoms with Crippen LogP contribution < -0.4 is 4.74 Å². The smallest absolute Gasteiger partial charge is 0.165 e. The molecule has 0 unspecified atom stereocenters. The fourth-order valence-electron chi connectivity index (χ4n) is 1.74. The predicted molar refractivity (Wildman–Crippen MR) is 78.3 cm³/mol. The summed E-state index contributed by atoms with van der Waals surface area (Å²) in [5.74, 6) is -0.0302. The highest BCUT2D eigenvalue weighted by molar-refractivity contribution is 5.29. The molecule has 0 aliphatic heterocycles. The van der Waals surface area contributed by atoms with Gasteiger partial charge >= 0.3 is 0 Å². The first-order chi connectivity index (χ1) is 10.2. The molecular weight excluding hydrogens is 273 g/mol. The van der Waals surface area contributed by atoms with Crippen molar-refractivity contribution in [3.8, 4) is 5.75 Å². The van der Waals surface area contributed by atoms with Crippen LogP contribution in [0.4, 0.5) is 4.39 Å². The molecule has 0 atom stereocenters. The second-order valence-corrected chi connectivity index (χ2v) is 4.27. The molecule has 5 heteroatoms. The number of pyridine rings is 1. The van der Waals surface area contributed by atoms with Gasteiger partial charge in [0.05, 0.1) is 5.69 Å². The van der Waals surface area contributed by atoms with Gasteiger partial charge in [0.1, 0.15) is 13.4 Å². The molecule has 0 aliphatic rings. The molecule has 4 nitrogen and oxygen atoms in total. The summed E-state index contributed by atoms with van der Waals surface area (Å²) >= 11 is 0. The summed E-state index contributed by atoms with van der Waals surface area (Å²) < 4.78 is 19.1. The fraction of sp³-hybridized carbons (Fsp3) is 0.312. The number of aryl methyl sites for hydroxylation is 1. The molecule has 2 rings (SSSR count). The minimum atomic E-state index is -0.750. The van der Waals surface area contributed by atoms with Crippen molar-refractivity contribution in [2.24, 2.45) is 0 Å². The highest BCUT2D eigenvalue weighted by Gasteiger charge is 2.05. The first kappa shape index (κ1) is 17.1. The molecule has 0 saturated heterocycles. The van der Waals surface area contributed by atoms with Crippen LogP contribution in [-0.4, -0.2) is 22.0 Å². The first-order valence-corrected chi connectivity index (χ1v) is 6.74. The van der Waals surface area contributed by atoms with Crippen LogP contribution in [-0.2, 0) is 13.0 Å². The van der Waals surface area contributed by atoms with Crippen molar-refractivity contribution in [1.29, 1.82) is 0 Å². The van der Waals surface area contributed by atoms with E-state index < -0.39 is 6.79 Å². The predicted octanol–water partition coefficient (Wildman–Crippen LogP) is 2.68. The summed E-state index contributed by atoms with van der Waals surface area (Å²) in [5.41, 5.74) is 1.79. The van der Waals surface area contributed by atoms with Gasteiger partial charge in [0.2, 0.25) is 0 Å². The van der Waals surface area contributed by atoms with Gasteiger partial charge in [-0.15, -0.1) is 0 Å². The number of ether oxygens (including phenoxy) is 1. The Morgan fingerprint density at radius 1 is 1.19 bits per heavy atom. The summed E-state index contributed by atoms with van der Waals surface area (Å²) in [6.45, 7) is 1.61. The minimum absolute atomic E-state index is 0.278. The number of aliphatic hydroxyl groups is 2. The Kier molecular flexibility index (Phi) is 8.01. The lowest BCUT2D eigenvalue weighted by molar-refractivity contribution is 0.0773. The van der Waals surface area contributed by atoms with E-state index >= 15 is 0 Å². The SMILES string of the molecule is CCCc1ccc(OCc2ccccn2)c(F)c1.OCO. The zero-order valence-electron chi connectivity index (χ0n) is 12.0. The maximum absolute atomic E-state index is 13.7. The molecular formula is C16H20FNO3. The van der Waals surface area contributed by atoms with Crippen molar-refractivity contribution in [2.45, 2.75) is 26.4 Å². The van der Waals surface area contributed by atoms with Crippen molar-refractivity contribution in [3.63, 3.8) is 0 Å². The van der Waals surface area contributed by atoms with Crippen molar-refractivity contribution >= 4 is 0 Å². The normalized spacial score (nSPS) is 9.71. The van der Waals surface area contributed by atoms with E-state index in [0.717, 1.165) is 24.1 Å². The average molecular weight is 293 g/mol. The van der Waals surface area contributed by atoms with E-state index in [4.69, 9.17) is 14.9 Å². The number of nitrogens with zero attached hydrogens (tertiary/aromatic N) is 1. The summed E-state index contributed by atoms with van der Waals surface area (Å²) in [7, 11) is 0. The van der Waals surface area contributed by atoms with Gasteiger partial charge in [-0.25, -0.2) is 4.39 Å². The van der Waals surface area contributed by atoms with Crippen LogP contribution in [0.1, 0.15) is 24.6 Å². The van der Waals surface area contributed by atoms with E-state index in [2.05, 4.69) is 11.9 Å². The molecule has 0 fully saturated rings. The monoisotopic (exact) mass is 293 g/mol. The standard InChI is InChI=1S/C15H16FNO.CH4O2/c1-2-5-12-7-8-15(14(16)10-12)18-11-13-6-3-4-9-17-13;2-1-3/h3-4,6-10H,2,5,11H2,1H3;2-3H,1H2. The summed E-state index contributed by atoms with van der Waals surface area (Å²) in [6.07, 6.45) is 3.59. The van der Waals surface area contributed by atoms with Crippen LogP contribution in [0.5, 0.6) is 5.75 Å². The Balaban J connectivity index is 0.000000677. The Bertz CT molecular complexity index is 520. The molecule has 0 radical (unpaired) electrons. The van der Waals surface area contributed by atoms with Crippen LogP contribution in [0, 0.1) is 5.82 Å². The highest BCUT2D eigenvalue weighted by atomic mass is 19.1. The van der Waals surface area contributed by atoms with E-state index in [1.54, 1.807) is 12.3 Å². The molecule has 2 N–H and O–H groups in total. The lowest BCUT2D eigenvalue weighted by Crippen LogP contribution is -1.99. The zero-order valence-corrected chi connectivity index (χ0v) is 12.0. The van der Waals surface area contributed by atoms with Crippen LogP contribution in [0.15, 0.2) is 42.6 Å². The van der Waals surface area contributed by atoms with Crippen LogP contribution in [0.2, 0.25) is 0 Å². The summed E-state index contributed by atoms with van der Waals surface area (Å²) in [5, 5.41) is 14.2. The van der Waals surface area contributed by atoms with Gasteiger partial charge in [-0.1, -0.05) is 25.5 Å². The topological polar surface area (TPSA) is 62.6 Å². The second-order valence-electron chi connectivity index (χ2n) is 4.27. The molecule has 0 amide bonds. The van der Waals surface area contributed by atoms with Gasteiger partial charge in [-0.3, -0.25) is 4.98 Å². The molecule has 1 aromatic heterocycles. The van der Waals surface area contributed by atoms with E-state index in [1.807, 2.05) is 24.3 Å². The Hall–Kier alpha value is -1.98. The largest absolute Gasteiger partial charge is 0.484 e. The van der Waals surface area contributed by atoms with Gasteiger partial charge < -0.3 is 14.9 Å². The third kappa shape index (κ3) is 6.33. The number of hydrogen-bond acceptors (Lipinski definition) is 4. The molecule has 0 aliphatic carbocycles. The molecule has 1 heterocycles. The Labute approximate surface area is 123 Å². The molecule has 114 valence electrons. The van der Waals surface area contributed by atoms with Crippen LogP contribution in [0.25, 0.3) is 0 Å². The third-order valence-corrected chi connectivity index (χ3v) is 2.64. The third-order valence-electron chi connectivity index (χ3n) is 2.64. The lowest BCUT2D eigenvalue weighted by Gasteiger charge is -2.08. The molecule has 1 aromatic carbocycles. The van der Waals surface area contributed by atoms with Gasteiger partial charge in [0.15, 0.2) is 11.6 Å². The average Bonchev–Trinajstić information content (AvgIpc) is 2.49. The van der Waals surface area contributed by atoms with Gasteiger partial charge in [0.25, 0.3) is 0 Å². The van der Waals surface area contributed by atoms with Crippen molar-refractivity contribution < 1.29 is 19.3 Å². The maximum Gasteiger partial charge on any atom is 0.165 e. The minimum Gasteiger partial charge on any atom is -0.484 e. The number of rotatable bonds is 5. The summed E-state index contributed by atoms with van der Waals surface area (Å²) in [6, 6.07) is 10.7. The van der Waals surface area contributed by atoms with Crippen LogP contribution >= 0.6 is 0 Å². The number of halogens is 1. The maximum atomic E-state index is 13.7. The quantitative estimate of drug-likeness (QED) is 0.832. The Morgan fingerprint density at radius 2 is 1.95 bits per heavy atom. The second kappa shape index (κ2) is 9.85. The van der Waals surface area contributed by atoms with Gasteiger partial charge in [0, 0.05) is 6.20 Å². The van der Waals surface area contributed by atoms with E-state index in [-0.39, 0.29) is 18.2 Å². The lowest BCUT2D eigenvalue weighted by atomic mass is 10.1. The molecule has 0 spiro atoms. The molecule has 2 aromatic rings. The van der Waals surface area contributed by atoms with Gasteiger partial charge in [-0.05, 0) is 36.2 Å². The Morgan fingerprint density at radius 3 is 2.52 bits per heavy atom. The first-order valence-electron chi connectivity index (χ1n) is 6.74. The number of aliphatic hydroxyl groups excluding tert-OH is 1. The molecule has 21 heavy (non-hydrogen) atoms. The number of benzene rings is 1. The molecule has 0 saturated carbocycles. The van der Waals surface area contributed by atoms with Crippen molar-refractivity contribution in [1.82, 2.24) is 4.98 Å². The van der Waals surface area contributed by atoms with E-state index in [9.17, 15) is 4.39 Å². The summed E-state index contributed by atoms with van der Waals surface area (Å²) in [4.78, 5) is 4.12. The van der Waals surface area contributed by atoms with E-state index in [0.29, 0.717) is 0 Å². The highest BCUT2D eigenvalue weighted by Crippen LogP contribution is 2.20. The van der Waals surface area contributed by atoms with Crippen molar-refractivity contribution in [3.05, 3.63) is 59.7 Å². The fourth-order valence-corrected chi connectivity index (χ4v) is 1.74. The van der Waals surface area contributed by atoms with Crippen molar-refractivity contribution in [2.75, 3.05) is 6.79 Å². The number of aromatic nitrogens is 1.